The molecule has 1 atom stereocenters. The van der Waals surface area contributed by atoms with Gasteiger partial charge in [0, 0.05) is 31.7 Å². The van der Waals surface area contributed by atoms with Crippen LogP contribution in [0.2, 0.25) is 0 Å². The minimum absolute atomic E-state index is 0.284. The highest BCUT2D eigenvalue weighted by atomic mass is 32.1. The molecule has 3 nitrogen and oxygen atoms in total. The van der Waals surface area contributed by atoms with Crippen LogP contribution >= 0.6 is 11.3 Å². The van der Waals surface area contributed by atoms with Crippen LogP contribution in [0.25, 0.3) is 10.6 Å². The van der Waals surface area contributed by atoms with Gasteiger partial charge < -0.3 is 9.67 Å². The summed E-state index contributed by atoms with van der Waals surface area (Å²) in [5.74, 6) is 1.56. The summed E-state index contributed by atoms with van der Waals surface area (Å²) in [6.45, 7) is 1.19. The summed E-state index contributed by atoms with van der Waals surface area (Å²) >= 11 is 1.72. The van der Waals surface area contributed by atoms with Crippen molar-refractivity contribution in [3.63, 3.8) is 0 Å². The van der Waals surface area contributed by atoms with Crippen molar-refractivity contribution in [2.45, 2.75) is 19.4 Å². The molecule has 1 aliphatic rings. The molecule has 3 rings (SSSR count). The van der Waals surface area contributed by atoms with E-state index >= 15 is 0 Å². The standard InChI is InChI=1S/C12H14N2OS/c15-8-9-3-4-12-13-10(7-14(12)6-9)11-2-1-5-16-11/h1-2,5,7,9,15H,3-4,6,8H2. The van der Waals surface area contributed by atoms with Gasteiger partial charge in [0.25, 0.3) is 0 Å². The van der Waals surface area contributed by atoms with Gasteiger partial charge in [0.15, 0.2) is 0 Å². The molecule has 0 aromatic carbocycles. The smallest absolute Gasteiger partial charge is 0.109 e. The molecule has 0 fully saturated rings. The van der Waals surface area contributed by atoms with Crippen molar-refractivity contribution in [3.05, 3.63) is 29.5 Å². The molecule has 1 N–H and O–H groups in total. The Morgan fingerprint density at radius 3 is 3.25 bits per heavy atom. The summed E-state index contributed by atoms with van der Waals surface area (Å²) in [4.78, 5) is 5.88. The maximum Gasteiger partial charge on any atom is 0.109 e. The van der Waals surface area contributed by atoms with Crippen LogP contribution in [0, 0.1) is 5.92 Å². The van der Waals surface area contributed by atoms with E-state index in [1.807, 2.05) is 0 Å². The van der Waals surface area contributed by atoms with Crippen molar-refractivity contribution in [1.29, 1.82) is 0 Å². The molecule has 0 amide bonds. The monoisotopic (exact) mass is 234 g/mol. The lowest BCUT2D eigenvalue weighted by atomic mass is 10.0. The lowest BCUT2D eigenvalue weighted by molar-refractivity contribution is 0.190. The third kappa shape index (κ3) is 1.68. The topological polar surface area (TPSA) is 38.1 Å². The molecule has 0 aliphatic carbocycles. The predicted octanol–water partition coefficient (Wildman–Crippen LogP) is 2.17. The molecule has 3 heterocycles. The van der Waals surface area contributed by atoms with Crippen LogP contribution in [-0.2, 0) is 13.0 Å². The first kappa shape index (κ1) is 10.1. The number of aliphatic hydroxyl groups is 1. The summed E-state index contributed by atoms with van der Waals surface area (Å²) < 4.78 is 2.19. The number of fused-ring (bicyclic) bond motifs is 1. The second-order valence-electron chi connectivity index (χ2n) is 4.26. The molecule has 0 saturated carbocycles. The lowest BCUT2D eigenvalue weighted by Gasteiger charge is -2.21. The molecule has 0 spiro atoms. The zero-order valence-corrected chi connectivity index (χ0v) is 9.78. The van der Waals surface area contributed by atoms with E-state index in [0.29, 0.717) is 5.92 Å². The Bertz CT molecular complexity index is 475. The fourth-order valence-corrected chi connectivity index (χ4v) is 2.89. The van der Waals surface area contributed by atoms with Crippen LogP contribution < -0.4 is 0 Å². The van der Waals surface area contributed by atoms with Crippen molar-refractivity contribution in [1.82, 2.24) is 9.55 Å². The average molecular weight is 234 g/mol. The van der Waals surface area contributed by atoms with E-state index in [0.717, 1.165) is 30.9 Å². The Morgan fingerprint density at radius 1 is 1.56 bits per heavy atom. The molecule has 1 aliphatic heterocycles. The molecular formula is C12H14N2OS. The second-order valence-corrected chi connectivity index (χ2v) is 5.21. The third-order valence-electron chi connectivity index (χ3n) is 3.12. The largest absolute Gasteiger partial charge is 0.396 e. The van der Waals surface area contributed by atoms with E-state index in [1.54, 1.807) is 11.3 Å². The maximum absolute atomic E-state index is 9.18. The number of hydrogen-bond acceptors (Lipinski definition) is 3. The molecule has 16 heavy (non-hydrogen) atoms. The number of aryl methyl sites for hydroxylation is 1. The summed E-state index contributed by atoms with van der Waals surface area (Å²) in [7, 11) is 0. The van der Waals surface area contributed by atoms with Crippen molar-refractivity contribution >= 4 is 11.3 Å². The SMILES string of the molecule is OCC1CCc2nc(-c3cccs3)cn2C1. The van der Waals surface area contributed by atoms with Crippen LogP contribution in [0.1, 0.15) is 12.2 Å². The van der Waals surface area contributed by atoms with Gasteiger partial charge >= 0.3 is 0 Å². The highest BCUT2D eigenvalue weighted by molar-refractivity contribution is 7.13. The average Bonchev–Trinajstić information content (AvgIpc) is 2.96. The van der Waals surface area contributed by atoms with Crippen LogP contribution in [0.4, 0.5) is 0 Å². The molecular weight excluding hydrogens is 220 g/mol. The van der Waals surface area contributed by atoms with Crippen LogP contribution in [0.3, 0.4) is 0 Å². The highest BCUT2D eigenvalue weighted by Crippen LogP contribution is 2.27. The summed E-state index contributed by atoms with van der Waals surface area (Å²) in [6.07, 6.45) is 4.15. The van der Waals surface area contributed by atoms with Crippen molar-refractivity contribution in [3.8, 4) is 10.6 Å². The van der Waals surface area contributed by atoms with Crippen molar-refractivity contribution in [2.24, 2.45) is 5.92 Å². The number of nitrogens with zero attached hydrogens (tertiary/aromatic N) is 2. The van der Waals surface area contributed by atoms with Crippen LogP contribution in [0.15, 0.2) is 23.7 Å². The summed E-state index contributed by atoms with van der Waals surface area (Å²) in [5, 5.41) is 11.2. The van der Waals surface area contributed by atoms with Gasteiger partial charge in [-0.2, -0.15) is 0 Å². The fourth-order valence-electron chi connectivity index (χ4n) is 2.21. The Hall–Kier alpha value is -1.13. The first-order valence-electron chi connectivity index (χ1n) is 5.57. The van der Waals surface area contributed by atoms with E-state index in [2.05, 4.69) is 33.3 Å². The highest BCUT2D eigenvalue weighted by Gasteiger charge is 2.20. The predicted molar refractivity (Wildman–Crippen MR) is 64.4 cm³/mol. The molecule has 84 valence electrons. The van der Waals surface area contributed by atoms with Crippen molar-refractivity contribution in [2.75, 3.05) is 6.61 Å². The first-order chi connectivity index (χ1) is 7.86. The van der Waals surface area contributed by atoms with E-state index < -0.39 is 0 Å². The first-order valence-corrected chi connectivity index (χ1v) is 6.45. The van der Waals surface area contributed by atoms with E-state index in [4.69, 9.17) is 0 Å². The zero-order valence-electron chi connectivity index (χ0n) is 8.97. The Kier molecular flexibility index (Phi) is 2.53. The van der Waals surface area contributed by atoms with E-state index in [9.17, 15) is 5.11 Å². The van der Waals surface area contributed by atoms with Gasteiger partial charge in [-0.1, -0.05) is 6.07 Å². The van der Waals surface area contributed by atoms with Crippen LogP contribution in [0.5, 0.6) is 0 Å². The number of thiophene rings is 1. The van der Waals surface area contributed by atoms with E-state index in [1.165, 1.54) is 4.88 Å². The van der Waals surface area contributed by atoms with Gasteiger partial charge in [-0.05, 0) is 17.9 Å². The minimum Gasteiger partial charge on any atom is -0.396 e. The third-order valence-corrected chi connectivity index (χ3v) is 4.01. The lowest BCUT2D eigenvalue weighted by Crippen LogP contribution is -2.22. The Labute approximate surface area is 98.4 Å². The number of rotatable bonds is 2. The Morgan fingerprint density at radius 2 is 2.50 bits per heavy atom. The summed E-state index contributed by atoms with van der Waals surface area (Å²) in [6, 6.07) is 4.15. The molecule has 2 aromatic heterocycles. The Balaban J connectivity index is 1.92. The van der Waals surface area contributed by atoms with Crippen LogP contribution in [-0.4, -0.2) is 21.3 Å². The van der Waals surface area contributed by atoms with Gasteiger partial charge in [0.1, 0.15) is 5.82 Å². The number of aromatic nitrogens is 2. The molecule has 0 radical (unpaired) electrons. The van der Waals surface area contributed by atoms with Gasteiger partial charge in [0.05, 0.1) is 10.6 Å². The van der Waals surface area contributed by atoms with Gasteiger partial charge in [-0.15, -0.1) is 11.3 Å². The number of hydrogen-bond donors (Lipinski definition) is 1. The molecule has 2 aromatic rings. The molecule has 1 unspecified atom stereocenters. The second kappa shape index (κ2) is 4.03. The molecule has 0 saturated heterocycles. The normalized spacial score (nSPS) is 19.7. The van der Waals surface area contributed by atoms with Gasteiger partial charge in [-0.3, -0.25) is 0 Å². The molecule has 4 heteroatoms. The number of aliphatic hydroxyl groups excluding tert-OH is 1. The zero-order chi connectivity index (χ0) is 11.0. The summed E-state index contributed by atoms with van der Waals surface area (Å²) in [5.41, 5.74) is 1.07. The van der Waals surface area contributed by atoms with Gasteiger partial charge in [-0.25, -0.2) is 4.98 Å². The molecule has 0 bridgehead atoms. The van der Waals surface area contributed by atoms with Gasteiger partial charge in [0.2, 0.25) is 0 Å². The maximum atomic E-state index is 9.18. The quantitative estimate of drug-likeness (QED) is 0.864. The fraction of sp³-hybridized carbons (Fsp3) is 0.417. The van der Waals surface area contributed by atoms with E-state index in [-0.39, 0.29) is 6.61 Å². The van der Waals surface area contributed by atoms with Crippen molar-refractivity contribution < 1.29 is 5.11 Å². The number of imidazole rings is 1. The minimum atomic E-state index is 0.284.